The van der Waals surface area contributed by atoms with Crippen LogP contribution in [0.3, 0.4) is 0 Å². The lowest BCUT2D eigenvalue weighted by Crippen LogP contribution is -2.44. The maximum atomic E-state index is 9.15. The van der Waals surface area contributed by atoms with Crippen LogP contribution < -0.4 is 5.32 Å². The second-order valence-corrected chi connectivity index (χ2v) is 4.53. The van der Waals surface area contributed by atoms with Crippen molar-refractivity contribution in [3.8, 4) is 6.07 Å². The number of hydrogen-bond donors (Lipinski definition) is 1. The molecule has 1 rings (SSSR count). The third-order valence-corrected chi connectivity index (χ3v) is 3.06. The zero-order valence-corrected chi connectivity index (χ0v) is 10.5. The van der Waals surface area contributed by atoms with Crippen molar-refractivity contribution in [3.63, 3.8) is 0 Å². The van der Waals surface area contributed by atoms with Gasteiger partial charge in [-0.1, -0.05) is 6.92 Å². The molecule has 1 aliphatic rings. The highest BCUT2D eigenvalue weighted by molar-refractivity contribution is 5.03. The summed E-state index contributed by atoms with van der Waals surface area (Å²) in [4.78, 5) is 2.39. The highest BCUT2D eigenvalue weighted by atomic mass is 16.5. The first-order chi connectivity index (χ1) is 7.70. The fraction of sp³-hybridized carbons (Fsp3) is 0.917. The molecule has 0 spiro atoms. The summed E-state index contributed by atoms with van der Waals surface area (Å²) in [5.74, 6) is 0. The Labute approximate surface area is 98.6 Å². The summed E-state index contributed by atoms with van der Waals surface area (Å²) < 4.78 is 5.41. The molecule has 0 aromatic heterocycles. The minimum atomic E-state index is -0.387. The minimum absolute atomic E-state index is 0.387. The smallest absolute Gasteiger partial charge is 0.105 e. The summed E-state index contributed by atoms with van der Waals surface area (Å²) in [5, 5.41) is 12.4. The molecular formula is C12H23N3O. The highest BCUT2D eigenvalue weighted by Gasteiger charge is 2.23. The average Bonchev–Trinajstić information content (AvgIpc) is 2.55. The molecule has 92 valence electrons. The summed E-state index contributed by atoms with van der Waals surface area (Å²) in [6, 6.07) is 2.37. The molecule has 0 saturated carbocycles. The molecule has 0 radical (unpaired) electrons. The van der Waals surface area contributed by atoms with Gasteiger partial charge in [-0.05, 0) is 26.3 Å². The summed E-state index contributed by atoms with van der Waals surface area (Å²) in [6.07, 6.45) is 1.97. The topological polar surface area (TPSA) is 48.3 Å². The third kappa shape index (κ3) is 4.48. The fourth-order valence-electron chi connectivity index (χ4n) is 1.98. The molecule has 0 aromatic carbocycles. The first-order valence-corrected chi connectivity index (χ1v) is 6.16. The molecule has 1 heterocycles. The van der Waals surface area contributed by atoms with E-state index >= 15 is 0 Å². The van der Waals surface area contributed by atoms with Crippen LogP contribution >= 0.6 is 0 Å². The van der Waals surface area contributed by atoms with Gasteiger partial charge in [-0.3, -0.25) is 5.32 Å². The van der Waals surface area contributed by atoms with Crippen LogP contribution in [0.4, 0.5) is 0 Å². The third-order valence-electron chi connectivity index (χ3n) is 3.06. The molecule has 0 bridgehead atoms. The number of nitrogens with one attached hydrogen (secondary N) is 1. The van der Waals surface area contributed by atoms with Gasteiger partial charge in [-0.2, -0.15) is 5.26 Å². The summed E-state index contributed by atoms with van der Waals surface area (Å²) in [6.45, 7) is 9.61. The number of ether oxygens (including phenoxy) is 1. The SMILES string of the molecule is CCNC(C)(C#N)CCN1CCCOCC1. The van der Waals surface area contributed by atoms with E-state index in [0.717, 1.165) is 52.2 Å². The van der Waals surface area contributed by atoms with Crippen molar-refractivity contribution in [3.05, 3.63) is 0 Å². The first-order valence-electron chi connectivity index (χ1n) is 6.16. The lowest BCUT2D eigenvalue weighted by atomic mass is 9.99. The molecule has 4 nitrogen and oxygen atoms in total. The number of nitriles is 1. The van der Waals surface area contributed by atoms with E-state index in [4.69, 9.17) is 10.00 Å². The molecule has 1 saturated heterocycles. The van der Waals surface area contributed by atoms with Crippen molar-refractivity contribution in [1.29, 1.82) is 5.26 Å². The Balaban J connectivity index is 2.33. The molecule has 1 N–H and O–H groups in total. The maximum Gasteiger partial charge on any atom is 0.105 e. The van der Waals surface area contributed by atoms with Crippen LogP contribution in [-0.2, 0) is 4.74 Å². The normalized spacial score (nSPS) is 22.1. The van der Waals surface area contributed by atoms with E-state index in [1.54, 1.807) is 0 Å². The van der Waals surface area contributed by atoms with Gasteiger partial charge in [0.05, 0.1) is 12.7 Å². The predicted molar refractivity (Wildman–Crippen MR) is 64.2 cm³/mol. The Hall–Kier alpha value is -0.630. The Morgan fingerprint density at radius 3 is 2.94 bits per heavy atom. The van der Waals surface area contributed by atoms with E-state index in [-0.39, 0.29) is 5.54 Å². The van der Waals surface area contributed by atoms with Crippen LogP contribution in [-0.4, -0.2) is 49.8 Å². The van der Waals surface area contributed by atoms with Crippen molar-refractivity contribution in [2.45, 2.75) is 32.2 Å². The van der Waals surface area contributed by atoms with Gasteiger partial charge in [-0.15, -0.1) is 0 Å². The second kappa shape index (κ2) is 6.85. The first kappa shape index (κ1) is 13.4. The molecule has 16 heavy (non-hydrogen) atoms. The monoisotopic (exact) mass is 225 g/mol. The molecule has 4 heteroatoms. The van der Waals surface area contributed by atoms with Gasteiger partial charge in [-0.25, -0.2) is 0 Å². The van der Waals surface area contributed by atoms with Gasteiger partial charge in [0.25, 0.3) is 0 Å². The van der Waals surface area contributed by atoms with E-state index in [0.29, 0.717) is 0 Å². The molecule has 0 amide bonds. The van der Waals surface area contributed by atoms with Gasteiger partial charge < -0.3 is 9.64 Å². The summed E-state index contributed by atoms with van der Waals surface area (Å²) >= 11 is 0. The number of rotatable bonds is 5. The molecular weight excluding hydrogens is 202 g/mol. The second-order valence-electron chi connectivity index (χ2n) is 4.53. The Morgan fingerprint density at radius 1 is 1.44 bits per heavy atom. The van der Waals surface area contributed by atoms with Crippen molar-refractivity contribution >= 4 is 0 Å². The van der Waals surface area contributed by atoms with Gasteiger partial charge >= 0.3 is 0 Å². The van der Waals surface area contributed by atoms with E-state index < -0.39 is 0 Å². The van der Waals surface area contributed by atoms with Gasteiger partial charge in [0.15, 0.2) is 0 Å². The number of nitrogens with zero attached hydrogens (tertiary/aromatic N) is 2. The average molecular weight is 225 g/mol. The lowest BCUT2D eigenvalue weighted by molar-refractivity contribution is 0.140. The van der Waals surface area contributed by atoms with Crippen molar-refractivity contribution in [2.75, 3.05) is 39.4 Å². The van der Waals surface area contributed by atoms with Gasteiger partial charge in [0, 0.05) is 26.2 Å². The standard InChI is InChI=1S/C12H23N3O/c1-3-14-12(2,11-13)5-7-15-6-4-9-16-10-8-15/h14H,3-10H2,1-2H3. The van der Waals surface area contributed by atoms with E-state index in [2.05, 4.69) is 16.3 Å². The Morgan fingerprint density at radius 2 is 2.25 bits per heavy atom. The van der Waals surface area contributed by atoms with Crippen LogP contribution in [0.25, 0.3) is 0 Å². The van der Waals surface area contributed by atoms with Crippen LogP contribution in [0.15, 0.2) is 0 Å². The van der Waals surface area contributed by atoms with E-state index in [9.17, 15) is 0 Å². The summed E-state index contributed by atoms with van der Waals surface area (Å²) in [5.41, 5.74) is -0.387. The molecule has 1 unspecified atom stereocenters. The Bertz CT molecular complexity index is 231. The highest BCUT2D eigenvalue weighted by Crippen LogP contribution is 2.10. The fourth-order valence-corrected chi connectivity index (χ4v) is 1.98. The van der Waals surface area contributed by atoms with Crippen molar-refractivity contribution in [2.24, 2.45) is 0 Å². The van der Waals surface area contributed by atoms with Crippen molar-refractivity contribution < 1.29 is 4.74 Å². The predicted octanol–water partition coefficient (Wildman–Crippen LogP) is 0.991. The van der Waals surface area contributed by atoms with E-state index in [1.165, 1.54) is 0 Å². The summed E-state index contributed by atoms with van der Waals surface area (Å²) in [7, 11) is 0. The zero-order valence-electron chi connectivity index (χ0n) is 10.5. The number of hydrogen-bond acceptors (Lipinski definition) is 4. The zero-order chi connectivity index (χ0) is 11.9. The maximum absolute atomic E-state index is 9.15. The van der Waals surface area contributed by atoms with Crippen LogP contribution in [0.5, 0.6) is 0 Å². The minimum Gasteiger partial charge on any atom is -0.380 e. The Kier molecular flexibility index (Phi) is 5.75. The van der Waals surface area contributed by atoms with Gasteiger partial charge in [0.1, 0.15) is 5.54 Å². The largest absolute Gasteiger partial charge is 0.380 e. The lowest BCUT2D eigenvalue weighted by Gasteiger charge is -2.26. The van der Waals surface area contributed by atoms with Gasteiger partial charge in [0.2, 0.25) is 0 Å². The molecule has 1 fully saturated rings. The molecule has 1 atom stereocenters. The quantitative estimate of drug-likeness (QED) is 0.758. The van der Waals surface area contributed by atoms with Crippen molar-refractivity contribution in [1.82, 2.24) is 10.2 Å². The van der Waals surface area contributed by atoms with E-state index in [1.807, 2.05) is 13.8 Å². The van der Waals surface area contributed by atoms with Crippen LogP contribution in [0, 0.1) is 11.3 Å². The van der Waals surface area contributed by atoms with Crippen LogP contribution in [0.2, 0.25) is 0 Å². The molecule has 1 aliphatic heterocycles. The van der Waals surface area contributed by atoms with Crippen LogP contribution in [0.1, 0.15) is 26.7 Å². The molecule has 0 aliphatic carbocycles. The molecule has 0 aromatic rings.